The summed E-state index contributed by atoms with van der Waals surface area (Å²) in [5.74, 6) is 1.44. The first-order chi connectivity index (χ1) is 9.31. The van der Waals surface area contributed by atoms with Crippen LogP contribution in [0.5, 0.6) is 5.75 Å². The Morgan fingerprint density at radius 2 is 2.32 bits per heavy atom. The Hall–Kier alpha value is -1.88. The minimum Gasteiger partial charge on any atom is -0.485 e. The first-order valence-electron chi connectivity index (χ1n) is 6.52. The third-order valence-corrected chi connectivity index (χ3v) is 3.14. The molecule has 1 heterocycles. The van der Waals surface area contributed by atoms with Crippen molar-refractivity contribution in [1.82, 2.24) is 15.5 Å². The van der Waals surface area contributed by atoms with Crippen LogP contribution in [0.15, 0.2) is 29.1 Å². The van der Waals surface area contributed by atoms with Crippen LogP contribution in [0.25, 0.3) is 0 Å². The average molecular weight is 259 g/mol. The third kappa shape index (κ3) is 3.32. The van der Waals surface area contributed by atoms with Crippen molar-refractivity contribution in [2.75, 3.05) is 0 Å². The number of rotatable bonds is 6. The van der Waals surface area contributed by atoms with Crippen LogP contribution in [0.1, 0.15) is 29.8 Å². The molecule has 1 saturated carbocycles. The molecule has 0 amide bonds. The van der Waals surface area contributed by atoms with Crippen LogP contribution < -0.4 is 10.1 Å². The minimum absolute atomic E-state index is 0.329. The van der Waals surface area contributed by atoms with Gasteiger partial charge in [0.2, 0.25) is 12.2 Å². The highest BCUT2D eigenvalue weighted by Gasteiger charge is 2.20. The number of aromatic nitrogens is 2. The lowest BCUT2D eigenvalue weighted by Crippen LogP contribution is -2.16. The molecule has 1 aliphatic rings. The van der Waals surface area contributed by atoms with E-state index in [-0.39, 0.29) is 0 Å². The highest BCUT2D eigenvalue weighted by atomic mass is 16.5. The van der Waals surface area contributed by atoms with Crippen molar-refractivity contribution in [3.05, 3.63) is 41.5 Å². The lowest BCUT2D eigenvalue weighted by Gasteiger charge is -2.12. The predicted octanol–water partition coefficient (Wildman–Crippen LogP) is 2.21. The lowest BCUT2D eigenvalue weighted by molar-refractivity contribution is 0.283. The van der Waals surface area contributed by atoms with Gasteiger partial charge in [-0.15, -0.1) is 0 Å². The van der Waals surface area contributed by atoms with E-state index in [1.54, 1.807) is 0 Å². The van der Waals surface area contributed by atoms with Gasteiger partial charge in [0.25, 0.3) is 0 Å². The standard InChI is InChI=1S/C14H17N3O2/c1-10-2-5-13(18-8-14-16-9-19-17-14)11(6-10)7-15-12-3-4-12/h2,5-6,9,12,15H,3-4,7-8H2,1H3. The molecule has 1 fully saturated rings. The Morgan fingerprint density at radius 1 is 1.42 bits per heavy atom. The zero-order chi connectivity index (χ0) is 13.1. The van der Waals surface area contributed by atoms with Gasteiger partial charge in [-0.2, -0.15) is 4.98 Å². The second-order valence-corrected chi connectivity index (χ2v) is 4.90. The summed E-state index contributed by atoms with van der Waals surface area (Å²) < 4.78 is 10.5. The van der Waals surface area contributed by atoms with Crippen LogP contribution in [0, 0.1) is 6.92 Å². The predicted molar refractivity (Wildman–Crippen MR) is 69.7 cm³/mol. The largest absolute Gasteiger partial charge is 0.485 e. The van der Waals surface area contributed by atoms with Gasteiger partial charge < -0.3 is 14.6 Å². The second-order valence-electron chi connectivity index (χ2n) is 4.90. The van der Waals surface area contributed by atoms with Gasteiger partial charge in [-0.1, -0.05) is 22.9 Å². The molecule has 100 valence electrons. The molecule has 0 unspecified atom stereocenters. The molecule has 1 N–H and O–H groups in total. The van der Waals surface area contributed by atoms with E-state index >= 15 is 0 Å². The minimum atomic E-state index is 0.329. The quantitative estimate of drug-likeness (QED) is 0.861. The van der Waals surface area contributed by atoms with Crippen LogP contribution in [-0.2, 0) is 13.2 Å². The van der Waals surface area contributed by atoms with E-state index in [9.17, 15) is 0 Å². The summed E-state index contributed by atoms with van der Waals surface area (Å²) in [6.07, 6.45) is 3.87. The van der Waals surface area contributed by atoms with Crippen molar-refractivity contribution in [2.45, 2.75) is 39.0 Å². The summed E-state index contributed by atoms with van der Waals surface area (Å²) in [5, 5.41) is 7.24. The molecule has 0 atom stereocenters. The van der Waals surface area contributed by atoms with Crippen molar-refractivity contribution >= 4 is 0 Å². The maximum absolute atomic E-state index is 5.76. The topological polar surface area (TPSA) is 60.2 Å². The van der Waals surface area contributed by atoms with E-state index in [4.69, 9.17) is 4.74 Å². The summed E-state index contributed by atoms with van der Waals surface area (Å²) in [7, 11) is 0. The molecular weight excluding hydrogens is 242 g/mol. The van der Waals surface area contributed by atoms with Crippen molar-refractivity contribution in [3.8, 4) is 5.75 Å². The number of aryl methyl sites for hydroxylation is 1. The van der Waals surface area contributed by atoms with Crippen LogP contribution in [-0.4, -0.2) is 16.2 Å². The number of hydrogen-bond acceptors (Lipinski definition) is 5. The molecule has 1 aliphatic carbocycles. The smallest absolute Gasteiger partial charge is 0.213 e. The molecule has 5 heteroatoms. The summed E-state index contributed by atoms with van der Waals surface area (Å²) in [4.78, 5) is 3.94. The molecule has 0 spiro atoms. The fourth-order valence-corrected chi connectivity index (χ4v) is 1.93. The van der Waals surface area contributed by atoms with E-state index in [2.05, 4.69) is 33.0 Å². The van der Waals surface area contributed by atoms with Gasteiger partial charge in [0.15, 0.2) is 6.61 Å². The molecule has 5 nitrogen and oxygen atoms in total. The van der Waals surface area contributed by atoms with Gasteiger partial charge in [-0.25, -0.2) is 0 Å². The Labute approximate surface area is 112 Å². The number of benzene rings is 1. The van der Waals surface area contributed by atoms with Gasteiger partial charge in [0.05, 0.1) is 0 Å². The van der Waals surface area contributed by atoms with Gasteiger partial charge in [0.1, 0.15) is 5.75 Å². The summed E-state index contributed by atoms with van der Waals surface area (Å²) in [6.45, 7) is 3.26. The van der Waals surface area contributed by atoms with Crippen LogP contribution in [0.3, 0.4) is 0 Å². The van der Waals surface area contributed by atoms with E-state index in [1.807, 2.05) is 12.1 Å². The fraction of sp³-hybridized carbons (Fsp3) is 0.429. The zero-order valence-electron chi connectivity index (χ0n) is 10.9. The average Bonchev–Trinajstić information content (AvgIpc) is 3.10. The Kier molecular flexibility index (Phi) is 3.46. The van der Waals surface area contributed by atoms with Crippen LogP contribution in [0.4, 0.5) is 0 Å². The van der Waals surface area contributed by atoms with E-state index in [0.29, 0.717) is 18.5 Å². The van der Waals surface area contributed by atoms with Gasteiger partial charge in [0, 0.05) is 18.2 Å². The Balaban J connectivity index is 1.67. The monoisotopic (exact) mass is 259 g/mol. The fourth-order valence-electron chi connectivity index (χ4n) is 1.93. The summed E-state index contributed by atoms with van der Waals surface area (Å²) >= 11 is 0. The SMILES string of the molecule is Cc1ccc(OCc2ncon2)c(CNC2CC2)c1. The molecule has 0 aliphatic heterocycles. The van der Waals surface area contributed by atoms with Gasteiger partial charge >= 0.3 is 0 Å². The summed E-state index contributed by atoms with van der Waals surface area (Å²) in [5.41, 5.74) is 2.41. The first-order valence-corrected chi connectivity index (χ1v) is 6.52. The highest BCUT2D eigenvalue weighted by molar-refractivity contribution is 5.37. The molecule has 1 aromatic carbocycles. The van der Waals surface area contributed by atoms with E-state index < -0.39 is 0 Å². The number of ether oxygens (including phenoxy) is 1. The molecule has 2 aromatic rings. The highest BCUT2D eigenvalue weighted by Crippen LogP contribution is 2.24. The zero-order valence-corrected chi connectivity index (χ0v) is 10.9. The molecule has 0 bridgehead atoms. The van der Waals surface area contributed by atoms with Crippen LogP contribution in [0.2, 0.25) is 0 Å². The molecule has 19 heavy (non-hydrogen) atoms. The van der Waals surface area contributed by atoms with Crippen molar-refractivity contribution in [2.24, 2.45) is 0 Å². The maximum Gasteiger partial charge on any atom is 0.213 e. The molecule has 0 radical (unpaired) electrons. The van der Waals surface area contributed by atoms with E-state index in [0.717, 1.165) is 12.3 Å². The molecule has 3 rings (SSSR count). The molecular formula is C14H17N3O2. The normalized spacial score (nSPS) is 14.6. The van der Waals surface area contributed by atoms with Crippen molar-refractivity contribution < 1.29 is 9.26 Å². The molecule has 0 saturated heterocycles. The number of nitrogens with zero attached hydrogens (tertiary/aromatic N) is 2. The van der Waals surface area contributed by atoms with Crippen LogP contribution >= 0.6 is 0 Å². The number of hydrogen-bond donors (Lipinski definition) is 1. The van der Waals surface area contributed by atoms with Gasteiger partial charge in [-0.3, -0.25) is 0 Å². The van der Waals surface area contributed by atoms with Gasteiger partial charge in [-0.05, 0) is 25.8 Å². The third-order valence-electron chi connectivity index (χ3n) is 3.14. The maximum atomic E-state index is 5.76. The first kappa shape index (κ1) is 12.2. The van der Waals surface area contributed by atoms with E-state index in [1.165, 1.54) is 30.4 Å². The van der Waals surface area contributed by atoms with Crippen molar-refractivity contribution in [1.29, 1.82) is 0 Å². The lowest BCUT2D eigenvalue weighted by atomic mass is 10.1. The van der Waals surface area contributed by atoms with Crippen molar-refractivity contribution in [3.63, 3.8) is 0 Å². The molecule has 1 aromatic heterocycles. The summed E-state index contributed by atoms with van der Waals surface area (Å²) in [6, 6.07) is 6.89. The second kappa shape index (κ2) is 5.40. The number of nitrogens with one attached hydrogen (secondary N) is 1. The Bertz CT molecular complexity index is 536. The Morgan fingerprint density at radius 3 is 3.05 bits per heavy atom.